The Morgan fingerprint density at radius 2 is 1.63 bits per heavy atom. The summed E-state index contributed by atoms with van der Waals surface area (Å²) in [4.78, 5) is 22.0. The summed E-state index contributed by atoms with van der Waals surface area (Å²) in [6.45, 7) is -1.70. The molecule has 1 aromatic rings. The van der Waals surface area contributed by atoms with Crippen LogP contribution < -0.4 is 4.74 Å². The number of rotatable bonds is 4. The number of carbonyl (C=O) groups is 2. The molecule has 0 aliphatic rings. The van der Waals surface area contributed by atoms with Gasteiger partial charge < -0.3 is 9.47 Å². The average molecular weight is 274 g/mol. The zero-order valence-electron chi connectivity index (χ0n) is 9.52. The molecule has 0 heterocycles. The normalized spacial score (nSPS) is 11.3. The number of para-hydroxylation sites is 1. The molecule has 19 heavy (non-hydrogen) atoms. The van der Waals surface area contributed by atoms with E-state index in [1.54, 1.807) is 18.2 Å². The summed E-state index contributed by atoms with van der Waals surface area (Å²) in [5, 5.41) is 0. The quantitative estimate of drug-likeness (QED) is 0.480. The first-order chi connectivity index (χ1) is 8.87. The topological polar surface area (TPSA) is 52.6 Å². The number of hydrogen-bond donors (Lipinski definition) is 0. The summed E-state index contributed by atoms with van der Waals surface area (Å²) in [7, 11) is 0. The summed E-state index contributed by atoms with van der Waals surface area (Å²) in [5.41, 5.74) is 0. The van der Waals surface area contributed by atoms with Gasteiger partial charge in [0.15, 0.2) is 6.61 Å². The monoisotopic (exact) mass is 274 g/mol. The van der Waals surface area contributed by atoms with E-state index in [1.807, 2.05) is 0 Å². The lowest BCUT2D eigenvalue weighted by Gasteiger charge is -2.05. The molecule has 0 amide bonds. The molecule has 0 aromatic heterocycles. The lowest BCUT2D eigenvalue weighted by Crippen LogP contribution is -2.19. The average Bonchev–Trinajstić information content (AvgIpc) is 2.34. The van der Waals surface area contributed by atoms with Gasteiger partial charge in [0.2, 0.25) is 0 Å². The van der Waals surface area contributed by atoms with Crippen LogP contribution in [-0.4, -0.2) is 24.7 Å². The second kappa shape index (κ2) is 6.58. The molecule has 0 atom stereocenters. The first-order valence-electron chi connectivity index (χ1n) is 5.05. The van der Waals surface area contributed by atoms with Gasteiger partial charge in [-0.05, 0) is 12.1 Å². The molecule has 0 spiro atoms. The standard InChI is InChI=1S/C12H9F3O4/c13-12(14,15)8-18-10(16)6-7-11(17)19-9-4-2-1-3-5-9/h1-7H,8H2. The maximum absolute atomic E-state index is 11.7. The number of carbonyl (C=O) groups excluding carboxylic acids is 2. The van der Waals surface area contributed by atoms with Gasteiger partial charge in [-0.2, -0.15) is 13.2 Å². The molecule has 1 rings (SSSR count). The van der Waals surface area contributed by atoms with Gasteiger partial charge >= 0.3 is 18.1 Å². The van der Waals surface area contributed by atoms with E-state index >= 15 is 0 Å². The Hall–Kier alpha value is -2.31. The zero-order chi connectivity index (χ0) is 14.3. The molecular weight excluding hydrogens is 265 g/mol. The zero-order valence-corrected chi connectivity index (χ0v) is 9.52. The van der Waals surface area contributed by atoms with Crippen LogP contribution in [0.1, 0.15) is 0 Å². The van der Waals surface area contributed by atoms with Crippen LogP contribution >= 0.6 is 0 Å². The van der Waals surface area contributed by atoms with Crippen molar-refractivity contribution in [3.63, 3.8) is 0 Å². The number of hydrogen-bond acceptors (Lipinski definition) is 4. The van der Waals surface area contributed by atoms with Crippen molar-refractivity contribution in [2.75, 3.05) is 6.61 Å². The Bertz CT molecular complexity index is 466. The SMILES string of the molecule is O=C(C=CC(=O)Oc1ccccc1)OCC(F)(F)F. The van der Waals surface area contributed by atoms with Crippen molar-refractivity contribution in [1.29, 1.82) is 0 Å². The van der Waals surface area contributed by atoms with Gasteiger partial charge in [0.05, 0.1) is 0 Å². The van der Waals surface area contributed by atoms with Crippen LogP contribution in [0.3, 0.4) is 0 Å². The van der Waals surface area contributed by atoms with Crippen LogP contribution in [0.4, 0.5) is 13.2 Å². The minimum atomic E-state index is -4.60. The summed E-state index contributed by atoms with van der Waals surface area (Å²) in [5.74, 6) is -1.92. The molecule has 0 unspecified atom stereocenters. The fourth-order valence-corrected chi connectivity index (χ4v) is 0.976. The van der Waals surface area contributed by atoms with Gasteiger partial charge in [-0.1, -0.05) is 18.2 Å². The van der Waals surface area contributed by atoms with Crippen LogP contribution in [0.25, 0.3) is 0 Å². The van der Waals surface area contributed by atoms with Crippen molar-refractivity contribution in [3.8, 4) is 5.75 Å². The molecule has 0 saturated heterocycles. The van der Waals surface area contributed by atoms with E-state index in [4.69, 9.17) is 4.74 Å². The van der Waals surface area contributed by atoms with E-state index in [0.717, 1.165) is 0 Å². The van der Waals surface area contributed by atoms with Crippen LogP contribution in [0.5, 0.6) is 5.75 Å². The number of alkyl halides is 3. The molecule has 102 valence electrons. The number of ether oxygens (including phenoxy) is 2. The number of halogens is 3. The van der Waals surface area contributed by atoms with E-state index < -0.39 is 24.7 Å². The molecule has 0 aliphatic heterocycles. The Labute approximate surface area is 106 Å². The van der Waals surface area contributed by atoms with E-state index in [1.165, 1.54) is 12.1 Å². The molecule has 0 aliphatic carbocycles. The highest BCUT2D eigenvalue weighted by Crippen LogP contribution is 2.14. The largest absolute Gasteiger partial charge is 0.453 e. The molecule has 0 bridgehead atoms. The second-order valence-electron chi connectivity index (χ2n) is 3.29. The summed E-state index contributed by atoms with van der Waals surface area (Å²) < 4.78 is 43.7. The lowest BCUT2D eigenvalue weighted by atomic mass is 10.3. The maximum Gasteiger partial charge on any atom is 0.422 e. The van der Waals surface area contributed by atoms with Gasteiger partial charge in [-0.3, -0.25) is 0 Å². The Morgan fingerprint density at radius 1 is 1.05 bits per heavy atom. The predicted octanol–water partition coefficient (Wildman–Crippen LogP) is 2.25. The number of esters is 2. The van der Waals surface area contributed by atoms with E-state index in [2.05, 4.69) is 4.74 Å². The Balaban J connectivity index is 2.40. The summed E-state index contributed by atoms with van der Waals surface area (Å²) in [6.07, 6.45) is -3.35. The molecular formula is C12H9F3O4. The van der Waals surface area contributed by atoms with E-state index in [0.29, 0.717) is 12.2 Å². The Kier molecular flexibility index (Phi) is 5.11. The predicted molar refractivity (Wildman–Crippen MR) is 58.2 cm³/mol. The van der Waals surface area contributed by atoms with Crippen molar-refractivity contribution in [3.05, 3.63) is 42.5 Å². The molecule has 1 aromatic carbocycles. The van der Waals surface area contributed by atoms with Gasteiger partial charge in [-0.25, -0.2) is 9.59 Å². The summed E-state index contributed by atoms with van der Waals surface area (Å²) >= 11 is 0. The highest BCUT2D eigenvalue weighted by Gasteiger charge is 2.29. The minimum absolute atomic E-state index is 0.251. The third-order valence-electron chi connectivity index (χ3n) is 1.70. The minimum Gasteiger partial charge on any atom is -0.453 e. The van der Waals surface area contributed by atoms with E-state index in [-0.39, 0.29) is 5.75 Å². The molecule has 0 fully saturated rings. The van der Waals surface area contributed by atoms with Crippen molar-refractivity contribution < 1.29 is 32.2 Å². The first-order valence-corrected chi connectivity index (χ1v) is 5.05. The fraction of sp³-hybridized carbons (Fsp3) is 0.167. The van der Waals surface area contributed by atoms with Crippen LogP contribution in [-0.2, 0) is 14.3 Å². The molecule has 0 N–H and O–H groups in total. The number of benzene rings is 1. The highest BCUT2D eigenvalue weighted by atomic mass is 19.4. The van der Waals surface area contributed by atoms with Crippen molar-refractivity contribution in [1.82, 2.24) is 0 Å². The van der Waals surface area contributed by atoms with Gasteiger partial charge in [0.25, 0.3) is 0 Å². The van der Waals surface area contributed by atoms with Crippen LogP contribution in [0.2, 0.25) is 0 Å². The molecule has 4 nitrogen and oxygen atoms in total. The second-order valence-corrected chi connectivity index (χ2v) is 3.29. The molecule has 0 radical (unpaired) electrons. The Morgan fingerprint density at radius 3 is 2.21 bits per heavy atom. The van der Waals surface area contributed by atoms with Gasteiger partial charge in [-0.15, -0.1) is 0 Å². The van der Waals surface area contributed by atoms with Crippen molar-refractivity contribution in [2.24, 2.45) is 0 Å². The van der Waals surface area contributed by atoms with E-state index in [9.17, 15) is 22.8 Å². The van der Waals surface area contributed by atoms with Crippen molar-refractivity contribution >= 4 is 11.9 Å². The van der Waals surface area contributed by atoms with Gasteiger partial charge in [0, 0.05) is 12.2 Å². The lowest BCUT2D eigenvalue weighted by molar-refractivity contribution is -0.182. The van der Waals surface area contributed by atoms with Crippen LogP contribution in [0.15, 0.2) is 42.5 Å². The smallest absolute Gasteiger partial charge is 0.422 e. The molecule has 0 saturated carbocycles. The summed E-state index contributed by atoms with van der Waals surface area (Å²) in [6, 6.07) is 7.98. The van der Waals surface area contributed by atoms with Gasteiger partial charge in [0.1, 0.15) is 5.75 Å². The fourth-order valence-electron chi connectivity index (χ4n) is 0.976. The van der Waals surface area contributed by atoms with Crippen molar-refractivity contribution in [2.45, 2.75) is 6.18 Å². The first kappa shape index (κ1) is 14.7. The highest BCUT2D eigenvalue weighted by molar-refractivity contribution is 5.92. The third-order valence-corrected chi connectivity index (χ3v) is 1.70. The maximum atomic E-state index is 11.7. The van der Waals surface area contributed by atoms with Crippen LogP contribution in [0, 0.1) is 0 Å². The third kappa shape index (κ3) is 6.87. The molecule has 7 heteroatoms.